The van der Waals surface area contributed by atoms with Crippen LogP contribution in [0.2, 0.25) is 10.0 Å². The zero-order valence-electron chi connectivity index (χ0n) is 14.1. The van der Waals surface area contributed by atoms with Crippen molar-refractivity contribution < 1.29 is 19.2 Å². The Balaban J connectivity index is 1.76. The Hall–Kier alpha value is -2.77. The quantitative estimate of drug-likeness (QED) is 0.446. The summed E-state index contributed by atoms with van der Waals surface area (Å²) in [5.74, 6) is 0.261. The van der Waals surface area contributed by atoms with E-state index in [1.54, 1.807) is 25.1 Å². The summed E-state index contributed by atoms with van der Waals surface area (Å²) in [6.07, 6.45) is 2.57. The van der Waals surface area contributed by atoms with E-state index in [2.05, 4.69) is 5.32 Å². The van der Waals surface area contributed by atoms with E-state index in [1.165, 1.54) is 24.3 Å². The molecule has 0 aliphatic carbocycles. The molecule has 0 radical (unpaired) electrons. The number of benzene rings is 2. The van der Waals surface area contributed by atoms with Gasteiger partial charge in [-0.05, 0) is 36.8 Å². The van der Waals surface area contributed by atoms with Crippen LogP contribution in [0.25, 0.3) is 6.08 Å². The average Bonchev–Trinajstić information content (AvgIpc) is 3.06. The first-order valence-electron chi connectivity index (χ1n) is 7.86. The molecule has 1 heterocycles. The molecular formula is C18H14Cl2N2O5. The van der Waals surface area contributed by atoms with E-state index in [1.807, 2.05) is 0 Å². The third-order valence-corrected chi connectivity index (χ3v) is 4.48. The number of nitrogens with zero attached hydrogens (tertiary/aromatic N) is 1. The fraction of sp³-hybridized carbons (Fsp3) is 0.167. The molecule has 0 aromatic heterocycles. The zero-order valence-corrected chi connectivity index (χ0v) is 15.6. The van der Waals surface area contributed by atoms with Gasteiger partial charge in [-0.3, -0.25) is 14.9 Å². The Morgan fingerprint density at radius 3 is 2.63 bits per heavy atom. The summed E-state index contributed by atoms with van der Waals surface area (Å²) in [5.41, 5.74) is 0.755. The van der Waals surface area contributed by atoms with E-state index in [0.29, 0.717) is 27.1 Å². The fourth-order valence-corrected chi connectivity index (χ4v) is 3.17. The second-order valence-corrected chi connectivity index (χ2v) is 6.59. The lowest BCUT2D eigenvalue weighted by molar-refractivity contribution is -0.385. The molecule has 0 saturated heterocycles. The number of halogens is 2. The monoisotopic (exact) mass is 408 g/mol. The third-order valence-electron chi connectivity index (χ3n) is 3.92. The van der Waals surface area contributed by atoms with Gasteiger partial charge in [0, 0.05) is 16.1 Å². The molecule has 140 valence electrons. The van der Waals surface area contributed by atoms with Crippen LogP contribution in [0.3, 0.4) is 0 Å². The molecule has 27 heavy (non-hydrogen) atoms. The Morgan fingerprint density at radius 2 is 1.96 bits per heavy atom. The number of hydrogen-bond acceptors (Lipinski definition) is 5. The van der Waals surface area contributed by atoms with Crippen LogP contribution in [0.15, 0.2) is 36.4 Å². The summed E-state index contributed by atoms with van der Waals surface area (Å²) < 4.78 is 10.4. The number of fused-ring (bicyclic) bond motifs is 1. The average molecular weight is 409 g/mol. The van der Waals surface area contributed by atoms with Crippen molar-refractivity contribution in [3.8, 4) is 11.5 Å². The molecule has 7 nitrogen and oxygen atoms in total. The predicted octanol–water partition coefficient (Wildman–Crippen LogP) is 4.52. The van der Waals surface area contributed by atoms with Gasteiger partial charge in [-0.2, -0.15) is 0 Å². The minimum absolute atomic E-state index is 0.000489. The second-order valence-electron chi connectivity index (χ2n) is 5.75. The van der Waals surface area contributed by atoms with Crippen molar-refractivity contribution in [2.45, 2.75) is 13.0 Å². The van der Waals surface area contributed by atoms with E-state index in [-0.39, 0.29) is 24.1 Å². The van der Waals surface area contributed by atoms with E-state index in [4.69, 9.17) is 32.7 Å². The maximum atomic E-state index is 12.2. The van der Waals surface area contributed by atoms with Crippen LogP contribution in [-0.4, -0.2) is 17.6 Å². The molecule has 0 saturated carbocycles. The highest BCUT2D eigenvalue weighted by Gasteiger charge is 2.22. The van der Waals surface area contributed by atoms with Crippen molar-refractivity contribution in [1.82, 2.24) is 5.32 Å². The van der Waals surface area contributed by atoms with Crippen molar-refractivity contribution >= 4 is 40.9 Å². The topological polar surface area (TPSA) is 90.7 Å². The smallest absolute Gasteiger partial charge is 0.280 e. The van der Waals surface area contributed by atoms with Gasteiger partial charge >= 0.3 is 0 Å². The van der Waals surface area contributed by atoms with Gasteiger partial charge in [-0.25, -0.2) is 0 Å². The molecule has 0 spiro atoms. The summed E-state index contributed by atoms with van der Waals surface area (Å²) >= 11 is 12.0. The number of carbonyl (C=O) groups is 1. The summed E-state index contributed by atoms with van der Waals surface area (Å²) in [6, 6.07) is 7.35. The second kappa shape index (κ2) is 7.85. The SMILES string of the molecule is C[C@H](NC(=O)/C=C/c1cc2c(cc1[N+](=O)[O-])OCO2)c1ccc(Cl)cc1Cl. The molecule has 9 heteroatoms. The molecule has 1 N–H and O–H groups in total. The van der Waals surface area contributed by atoms with Crippen LogP contribution in [-0.2, 0) is 4.79 Å². The van der Waals surface area contributed by atoms with Crippen LogP contribution in [0.5, 0.6) is 11.5 Å². The first-order chi connectivity index (χ1) is 12.8. The van der Waals surface area contributed by atoms with Gasteiger partial charge in [0.15, 0.2) is 11.5 Å². The lowest BCUT2D eigenvalue weighted by Gasteiger charge is -2.14. The molecule has 1 aliphatic heterocycles. The first-order valence-corrected chi connectivity index (χ1v) is 8.62. The zero-order chi connectivity index (χ0) is 19.6. The highest BCUT2D eigenvalue weighted by Crippen LogP contribution is 2.38. The number of nitrogens with one attached hydrogen (secondary N) is 1. The van der Waals surface area contributed by atoms with E-state index in [9.17, 15) is 14.9 Å². The summed E-state index contributed by atoms with van der Waals surface area (Å²) in [5, 5.41) is 14.9. The van der Waals surface area contributed by atoms with Crippen LogP contribution in [0, 0.1) is 10.1 Å². The van der Waals surface area contributed by atoms with Crippen LogP contribution in [0.1, 0.15) is 24.1 Å². The summed E-state index contributed by atoms with van der Waals surface area (Å²) in [6.45, 7) is 1.77. The number of hydrogen-bond donors (Lipinski definition) is 1. The molecular weight excluding hydrogens is 395 g/mol. The summed E-state index contributed by atoms with van der Waals surface area (Å²) in [7, 11) is 0. The maximum absolute atomic E-state index is 12.2. The molecule has 3 rings (SSSR count). The molecule has 1 atom stereocenters. The highest BCUT2D eigenvalue weighted by molar-refractivity contribution is 6.35. The molecule has 2 aromatic carbocycles. The molecule has 1 aliphatic rings. The highest BCUT2D eigenvalue weighted by atomic mass is 35.5. The Morgan fingerprint density at radius 1 is 1.26 bits per heavy atom. The number of carbonyl (C=O) groups excluding carboxylic acids is 1. The maximum Gasteiger partial charge on any atom is 0.280 e. The molecule has 1 amide bonds. The van der Waals surface area contributed by atoms with Gasteiger partial charge < -0.3 is 14.8 Å². The van der Waals surface area contributed by atoms with Gasteiger partial charge in [0.25, 0.3) is 5.69 Å². The fourth-order valence-electron chi connectivity index (χ4n) is 2.60. The minimum atomic E-state index is -0.546. The van der Waals surface area contributed by atoms with Crippen LogP contribution in [0.4, 0.5) is 5.69 Å². The third kappa shape index (κ3) is 4.32. The van der Waals surface area contributed by atoms with E-state index >= 15 is 0 Å². The van der Waals surface area contributed by atoms with E-state index < -0.39 is 10.8 Å². The van der Waals surface area contributed by atoms with Crippen molar-refractivity contribution in [3.05, 3.63) is 67.7 Å². The minimum Gasteiger partial charge on any atom is -0.454 e. The lowest BCUT2D eigenvalue weighted by atomic mass is 10.1. The summed E-state index contributed by atoms with van der Waals surface area (Å²) in [4.78, 5) is 22.9. The van der Waals surface area contributed by atoms with Crippen molar-refractivity contribution in [2.75, 3.05) is 6.79 Å². The number of ether oxygens (including phenoxy) is 2. The Bertz CT molecular complexity index is 946. The largest absolute Gasteiger partial charge is 0.454 e. The van der Waals surface area contributed by atoms with E-state index in [0.717, 1.165) is 0 Å². The Kier molecular flexibility index (Phi) is 5.53. The van der Waals surface area contributed by atoms with Crippen LogP contribution >= 0.6 is 23.2 Å². The van der Waals surface area contributed by atoms with Crippen molar-refractivity contribution in [3.63, 3.8) is 0 Å². The molecule has 0 unspecified atom stereocenters. The number of amides is 1. The molecule has 0 bridgehead atoms. The predicted molar refractivity (Wildman–Crippen MR) is 101 cm³/mol. The standard InChI is InChI=1S/C18H14Cl2N2O5/c1-10(13-4-3-12(19)7-14(13)20)21-18(23)5-2-11-6-16-17(27-9-26-16)8-15(11)22(24)25/h2-8,10H,9H2,1H3,(H,21,23)/b5-2+/t10-/m0/s1. The van der Waals surface area contributed by atoms with Crippen molar-refractivity contribution in [2.24, 2.45) is 0 Å². The van der Waals surface area contributed by atoms with Gasteiger partial charge in [-0.1, -0.05) is 29.3 Å². The van der Waals surface area contributed by atoms with Crippen LogP contribution < -0.4 is 14.8 Å². The van der Waals surface area contributed by atoms with Gasteiger partial charge in [-0.15, -0.1) is 0 Å². The van der Waals surface area contributed by atoms with Gasteiger partial charge in [0.1, 0.15) is 0 Å². The van der Waals surface area contributed by atoms with Crippen molar-refractivity contribution in [1.29, 1.82) is 0 Å². The number of nitro groups is 1. The first kappa shape index (κ1) is 19.0. The number of nitro benzene ring substituents is 1. The molecule has 2 aromatic rings. The van der Waals surface area contributed by atoms with Gasteiger partial charge in [0.2, 0.25) is 12.7 Å². The Labute approximate surface area is 164 Å². The molecule has 0 fully saturated rings. The normalized spacial score (nSPS) is 13.6. The van der Waals surface area contributed by atoms with Gasteiger partial charge in [0.05, 0.1) is 22.6 Å². The lowest BCUT2D eigenvalue weighted by Crippen LogP contribution is -2.24. The number of rotatable bonds is 5.